The lowest BCUT2D eigenvalue weighted by molar-refractivity contribution is 0.239. The highest BCUT2D eigenvalue weighted by atomic mass is 15.2. The quantitative estimate of drug-likeness (QED) is 0.692. The molecule has 1 atom stereocenters. The van der Waals surface area contributed by atoms with Crippen LogP contribution in [0.15, 0.2) is 0 Å². The zero-order chi connectivity index (χ0) is 9.10. The van der Waals surface area contributed by atoms with Crippen LogP contribution in [0.5, 0.6) is 0 Å². The molecule has 1 unspecified atom stereocenters. The maximum atomic E-state index is 3.47. The van der Waals surface area contributed by atoms with Gasteiger partial charge in [-0.2, -0.15) is 0 Å². The van der Waals surface area contributed by atoms with E-state index in [9.17, 15) is 0 Å². The Labute approximate surface area is 81.7 Å². The summed E-state index contributed by atoms with van der Waals surface area (Å²) in [6.45, 7) is 7.26. The van der Waals surface area contributed by atoms with Gasteiger partial charge in [0.05, 0.1) is 0 Å². The van der Waals surface area contributed by atoms with Crippen LogP contribution in [0, 0.1) is 5.92 Å². The normalized spacial score (nSPS) is 29.8. The fourth-order valence-electron chi connectivity index (χ4n) is 2.31. The smallest absolute Gasteiger partial charge is 0.0221 e. The number of rotatable bonds is 5. The van der Waals surface area contributed by atoms with Gasteiger partial charge < -0.3 is 5.32 Å². The molecule has 0 spiro atoms. The first kappa shape index (κ1) is 9.47. The van der Waals surface area contributed by atoms with Crippen molar-refractivity contribution in [3.8, 4) is 0 Å². The highest BCUT2D eigenvalue weighted by molar-refractivity contribution is 4.85. The summed E-state index contributed by atoms with van der Waals surface area (Å²) in [4.78, 5) is 2.71. The Morgan fingerprint density at radius 2 is 2.15 bits per heavy atom. The third-order valence-corrected chi connectivity index (χ3v) is 3.32. The molecule has 2 rings (SSSR count). The molecule has 0 bridgehead atoms. The van der Waals surface area contributed by atoms with E-state index in [4.69, 9.17) is 0 Å². The highest BCUT2D eigenvalue weighted by Crippen LogP contribution is 2.32. The lowest BCUT2D eigenvalue weighted by Crippen LogP contribution is -2.38. The van der Waals surface area contributed by atoms with Gasteiger partial charge in [-0.1, -0.05) is 6.92 Å². The van der Waals surface area contributed by atoms with Crippen LogP contribution in [0.2, 0.25) is 0 Å². The van der Waals surface area contributed by atoms with Gasteiger partial charge in [0.15, 0.2) is 0 Å². The summed E-state index contributed by atoms with van der Waals surface area (Å²) in [5.41, 5.74) is 0. The molecular formula is C11H22N2. The summed E-state index contributed by atoms with van der Waals surface area (Å²) in [5, 5.41) is 3.47. The summed E-state index contributed by atoms with van der Waals surface area (Å²) in [6, 6.07) is 0.848. The van der Waals surface area contributed by atoms with Crippen molar-refractivity contribution >= 4 is 0 Å². The number of likely N-dealkylation sites (N-methyl/N-ethyl adjacent to an activating group) is 1. The monoisotopic (exact) mass is 182 g/mol. The van der Waals surface area contributed by atoms with E-state index in [-0.39, 0.29) is 0 Å². The third kappa shape index (κ3) is 2.68. The van der Waals surface area contributed by atoms with Gasteiger partial charge in [-0.3, -0.25) is 4.90 Å². The molecule has 1 saturated heterocycles. The van der Waals surface area contributed by atoms with E-state index in [2.05, 4.69) is 17.1 Å². The SMILES string of the molecule is CCNCC1CCCN1CC1CC1. The van der Waals surface area contributed by atoms with Gasteiger partial charge in [0, 0.05) is 19.1 Å². The van der Waals surface area contributed by atoms with Crippen molar-refractivity contribution in [2.75, 3.05) is 26.2 Å². The van der Waals surface area contributed by atoms with Crippen LogP contribution in [-0.2, 0) is 0 Å². The minimum Gasteiger partial charge on any atom is -0.315 e. The lowest BCUT2D eigenvalue weighted by atomic mass is 10.2. The molecule has 1 heterocycles. The molecule has 0 radical (unpaired) electrons. The number of hydrogen-bond acceptors (Lipinski definition) is 2. The van der Waals surface area contributed by atoms with Gasteiger partial charge in [0.25, 0.3) is 0 Å². The fourth-order valence-corrected chi connectivity index (χ4v) is 2.31. The second-order valence-corrected chi connectivity index (χ2v) is 4.54. The molecule has 76 valence electrons. The Bertz CT molecular complexity index is 154. The van der Waals surface area contributed by atoms with Crippen molar-refractivity contribution in [3.05, 3.63) is 0 Å². The van der Waals surface area contributed by atoms with E-state index in [0.717, 1.165) is 18.5 Å². The van der Waals surface area contributed by atoms with Gasteiger partial charge in [0.1, 0.15) is 0 Å². The Morgan fingerprint density at radius 3 is 2.85 bits per heavy atom. The summed E-state index contributed by atoms with van der Waals surface area (Å²) >= 11 is 0. The molecule has 0 aromatic rings. The predicted molar refractivity (Wildman–Crippen MR) is 55.9 cm³/mol. The van der Waals surface area contributed by atoms with Gasteiger partial charge in [-0.05, 0) is 44.7 Å². The topological polar surface area (TPSA) is 15.3 Å². The number of hydrogen-bond donors (Lipinski definition) is 1. The van der Waals surface area contributed by atoms with E-state index in [0.29, 0.717) is 0 Å². The molecule has 1 saturated carbocycles. The average Bonchev–Trinajstić information content (AvgIpc) is 2.82. The van der Waals surface area contributed by atoms with Gasteiger partial charge in [-0.15, -0.1) is 0 Å². The van der Waals surface area contributed by atoms with E-state index >= 15 is 0 Å². The van der Waals surface area contributed by atoms with E-state index < -0.39 is 0 Å². The van der Waals surface area contributed by atoms with E-state index in [1.165, 1.54) is 45.3 Å². The van der Waals surface area contributed by atoms with Crippen molar-refractivity contribution in [1.82, 2.24) is 10.2 Å². The Kier molecular flexibility index (Phi) is 3.23. The zero-order valence-electron chi connectivity index (χ0n) is 8.76. The predicted octanol–water partition coefficient (Wildman–Crippen LogP) is 1.47. The number of likely N-dealkylation sites (tertiary alicyclic amines) is 1. The van der Waals surface area contributed by atoms with Crippen LogP contribution in [-0.4, -0.2) is 37.1 Å². The molecule has 1 aliphatic carbocycles. The Morgan fingerprint density at radius 1 is 1.31 bits per heavy atom. The molecule has 2 nitrogen and oxygen atoms in total. The number of nitrogens with one attached hydrogen (secondary N) is 1. The maximum absolute atomic E-state index is 3.47. The Hall–Kier alpha value is -0.0800. The lowest BCUT2D eigenvalue weighted by Gasteiger charge is -2.24. The summed E-state index contributed by atoms with van der Waals surface area (Å²) in [7, 11) is 0. The first-order chi connectivity index (χ1) is 6.40. The minimum atomic E-state index is 0.848. The van der Waals surface area contributed by atoms with Gasteiger partial charge in [0.2, 0.25) is 0 Å². The van der Waals surface area contributed by atoms with Crippen LogP contribution < -0.4 is 5.32 Å². The van der Waals surface area contributed by atoms with Crippen LogP contribution in [0.4, 0.5) is 0 Å². The first-order valence-electron chi connectivity index (χ1n) is 5.85. The second kappa shape index (κ2) is 4.43. The molecular weight excluding hydrogens is 160 g/mol. The molecule has 1 aliphatic heterocycles. The molecule has 13 heavy (non-hydrogen) atoms. The summed E-state index contributed by atoms with van der Waals surface area (Å²) < 4.78 is 0. The average molecular weight is 182 g/mol. The van der Waals surface area contributed by atoms with Crippen LogP contribution in [0.3, 0.4) is 0 Å². The maximum Gasteiger partial charge on any atom is 0.0221 e. The highest BCUT2D eigenvalue weighted by Gasteiger charge is 2.30. The van der Waals surface area contributed by atoms with E-state index in [1.54, 1.807) is 0 Å². The molecule has 2 aliphatic rings. The Balaban J connectivity index is 1.72. The fraction of sp³-hybridized carbons (Fsp3) is 1.00. The molecule has 1 N–H and O–H groups in total. The van der Waals surface area contributed by atoms with Crippen molar-refractivity contribution in [3.63, 3.8) is 0 Å². The molecule has 2 fully saturated rings. The second-order valence-electron chi connectivity index (χ2n) is 4.54. The van der Waals surface area contributed by atoms with Crippen molar-refractivity contribution in [2.45, 2.75) is 38.6 Å². The third-order valence-electron chi connectivity index (χ3n) is 3.32. The summed E-state index contributed by atoms with van der Waals surface area (Å²) in [5.74, 6) is 1.06. The van der Waals surface area contributed by atoms with Crippen LogP contribution in [0.1, 0.15) is 32.6 Å². The molecule has 2 heteroatoms. The largest absolute Gasteiger partial charge is 0.315 e. The van der Waals surface area contributed by atoms with Gasteiger partial charge in [-0.25, -0.2) is 0 Å². The first-order valence-corrected chi connectivity index (χ1v) is 5.85. The summed E-state index contributed by atoms with van der Waals surface area (Å²) in [6.07, 6.45) is 5.82. The molecule has 0 aromatic heterocycles. The van der Waals surface area contributed by atoms with Gasteiger partial charge >= 0.3 is 0 Å². The van der Waals surface area contributed by atoms with Crippen molar-refractivity contribution in [2.24, 2.45) is 5.92 Å². The zero-order valence-corrected chi connectivity index (χ0v) is 8.76. The standard InChI is InChI=1S/C11H22N2/c1-2-12-8-11-4-3-7-13(11)9-10-5-6-10/h10-12H,2-9H2,1H3. The van der Waals surface area contributed by atoms with E-state index in [1.807, 2.05) is 0 Å². The van der Waals surface area contributed by atoms with Crippen LogP contribution in [0.25, 0.3) is 0 Å². The van der Waals surface area contributed by atoms with Crippen molar-refractivity contribution in [1.29, 1.82) is 0 Å². The van der Waals surface area contributed by atoms with Crippen molar-refractivity contribution < 1.29 is 0 Å². The van der Waals surface area contributed by atoms with Crippen LogP contribution >= 0.6 is 0 Å². The molecule has 0 aromatic carbocycles. The number of nitrogens with zero attached hydrogens (tertiary/aromatic N) is 1. The minimum absolute atomic E-state index is 0.848. The molecule has 0 amide bonds.